The maximum absolute atomic E-state index is 13.0. The lowest BCUT2D eigenvalue weighted by Gasteiger charge is -2.19. The fourth-order valence-electron chi connectivity index (χ4n) is 4.79. The van der Waals surface area contributed by atoms with Crippen LogP contribution in [0.1, 0.15) is 53.8 Å². The Balaban J connectivity index is 1.21. The summed E-state index contributed by atoms with van der Waals surface area (Å²) in [6, 6.07) is 19.5. The number of aromatic amines is 1. The maximum Gasteiger partial charge on any atom is 0.253 e. The fourth-order valence-corrected chi connectivity index (χ4v) is 4.79. The van der Waals surface area contributed by atoms with Crippen LogP contribution in [0.2, 0.25) is 0 Å². The van der Waals surface area contributed by atoms with E-state index in [2.05, 4.69) is 30.7 Å². The molecular weight excluding hydrogens is 460 g/mol. The standard InChI is InChI=1S/C30H34N6O/c37-30(32-18-9-21-36-19-7-1-2-8-20-36)26-11-3-4-12-27(26)33-24-13-15-25-28(34-35-29(25)22-24)16-14-23-10-5-6-17-31-23/h3-6,10-17,22,33H,1-2,7-9,18-21H2,(H,32,37)(H,34,35)/b16-14+. The summed E-state index contributed by atoms with van der Waals surface area (Å²) >= 11 is 0. The van der Waals surface area contributed by atoms with Crippen LogP contribution in [0.25, 0.3) is 23.1 Å². The molecule has 7 heteroatoms. The maximum atomic E-state index is 13.0. The van der Waals surface area contributed by atoms with Crippen LogP contribution in [-0.4, -0.2) is 52.2 Å². The van der Waals surface area contributed by atoms with Crippen molar-refractivity contribution < 1.29 is 4.79 Å². The van der Waals surface area contributed by atoms with E-state index in [4.69, 9.17) is 0 Å². The number of nitrogens with zero attached hydrogens (tertiary/aromatic N) is 3. The Bertz CT molecular complexity index is 1340. The summed E-state index contributed by atoms with van der Waals surface area (Å²) < 4.78 is 0. The highest BCUT2D eigenvalue weighted by molar-refractivity contribution is 6.00. The van der Waals surface area contributed by atoms with E-state index in [1.54, 1.807) is 6.20 Å². The summed E-state index contributed by atoms with van der Waals surface area (Å²) in [5, 5.41) is 15.1. The first-order valence-electron chi connectivity index (χ1n) is 13.2. The lowest BCUT2D eigenvalue weighted by molar-refractivity contribution is 0.0952. The van der Waals surface area contributed by atoms with Crippen LogP contribution < -0.4 is 10.6 Å². The van der Waals surface area contributed by atoms with E-state index in [0.29, 0.717) is 12.1 Å². The third-order valence-electron chi connectivity index (χ3n) is 6.78. The highest BCUT2D eigenvalue weighted by Crippen LogP contribution is 2.26. The summed E-state index contributed by atoms with van der Waals surface area (Å²) in [6.07, 6.45) is 11.9. The molecule has 0 aliphatic carbocycles. The molecule has 3 heterocycles. The molecule has 7 nitrogen and oxygen atoms in total. The minimum Gasteiger partial charge on any atom is -0.355 e. The number of fused-ring (bicyclic) bond motifs is 1. The van der Waals surface area contributed by atoms with Gasteiger partial charge in [-0.25, -0.2) is 0 Å². The summed E-state index contributed by atoms with van der Waals surface area (Å²) in [5.74, 6) is -0.0523. The van der Waals surface area contributed by atoms with Gasteiger partial charge in [0.05, 0.1) is 28.2 Å². The van der Waals surface area contributed by atoms with E-state index < -0.39 is 0 Å². The van der Waals surface area contributed by atoms with Crippen molar-refractivity contribution in [2.75, 3.05) is 31.5 Å². The number of anilines is 2. The van der Waals surface area contributed by atoms with Gasteiger partial charge in [0.25, 0.3) is 5.91 Å². The number of amides is 1. The average molecular weight is 495 g/mol. The number of nitrogens with one attached hydrogen (secondary N) is 3. The predicted octanol–water partition coefficient (Wildman–Crippen LogP) is 5.87. The van der Waals surface area contributed by atoms with E-state index in [1.165, 1.54) is 38.8 Å². The number of likely N-dealkylation sites (tertiary alicyclic amines) is 1. The summed E-state index contributed by atoms with van der Waals surface area (Å²) in [7, 11) is 0. The molecule has 0 bridgehead atoms. The van der Waals surface area contributed by atoms with Crippen molar-refractivity contribution in [1.82, 2.24) is 25.4 Å². The summed E-state index contributed by atoms with van der Waals surface area (Å²) in [6.45, 7) is 4.09. The van der Waals surface area contributed by atoms with Crippen LogP contribution in [0.3, 0.4) is 0 Å². The van der Waals surface area contributed by atoms with Gasteiger partial charge in [-0.3, -0.25) is 14.9 Å². The molecule has 1 saturated heterocycles. The Hall–Kier alpha value is -3.97. The number of carbonyl (C=O) groups is 1. The van der Waals surface area contributed by atoms with Gasteiger partial charge in [-0.1, -0.05) is 31.0 Å². The first kappa shape index (κ1) is 24.7. The van der Waals surface area contributed by atoms with Gasteiger partial charge in [0.15, 0.2) is 0 Å². The molecule has 1 aliphatic rings. The molecule has 0 atom stereocenters. The molecule has 1 amide bonds. The highest BCUT2D eigenvalue weighted by Gasteiger charge is 2.13. The minimum absolute atomic E-state index is 0.0523. The number of hydrogen-bond donors (Lipinski definition) is 3. The monoisotopic (exact) mass is 494 g/mol. The van der Waals surface area contributed by atoms with Gasteiger partial charge < -0.3 is 15.5 Å². The second-order valence-electron chi connectivity index (χ2n) is 9.49. The van der Waals surface area contributed by atoms with Gasteiger partial charge in [0.1, 0.15) is 0 Å². The molecule has 0 saturated carbocycles. The number of pyridine rings is 1. The zero-order chi connectivity index (χ0) is 25.3. The van der Waals surface area contributed by atoms with Gasteiger partial charge in [0.2, 0.25) is 0 Å². The van der Waals surface area contributed by atoms with Gasteiger partial charge in [-0.15, -0.1) is 0 Å². The van der Waals surface area contributed by atoms with Crippen LogP contribution >= 0.6 is 0 Å². The zero-order valence-electron chi connectivity index (χ0n) is 21.1. The lowest BCUT2D eigenvalue weighted by atomic mass is 10.1. The number of H-pyrrole nitrogens is 1. The largest absolute Gasteiger partial charge is 0.355 e. The van der Waals surface area contributed by atoms with Crippen LogP contribution in [0.5, 0.6) is 0 Å². The van der Waals surface area contributed by atoms with E-state index in [-0.39, 0.29) is 5.91 Å². The lowest BCUT2D eigenvalue weighted by Crippen LogP contribution is -2.30. The Morgan fingerprint density at radius 2 is 1.81 bits per heavy atom. The normalized spacial score (nSPS) is 14.6. The summed E-state index contributed by atoms with van der Waals surface area (Å²) in [5.41, 5.74) is 4.96. The Morgan fingerprint density at radius 1 is 0.973 bits per heavy atom. The number of para-hydroxylation sites is 1. The van der Waals surface area contributed by atoms with Crippen molar-refractivity contribution in [3.63, 3.8) is 0 Å². The van der Waals surface area contributed by atoms with E-state index >= 15 is 0 Å². The first-order valence-corrected chi connectivity index (χ1v) is 13.2. The second kappa shape index (κ2) is 12.3. The molecule has 4 aromatic rings. The number of rotatable bonds is 9. The van der Waals surface area contributed by atoms with Crippen molar-refractivity contribution in [3.05, 3.63) is 83.8 Å². The smallest absolute Gasteiger partial charge is 0.253 e. The second-order valence-corrected chi connectivity index (χ2v) is 9.49. The van der Waals surface area contributed by atoms with Crippen LogP contribution in [0.4, 0.5) is 11.4 Å². The van der Waals surface area contributed by atoms with Gasteiger partial charge in [-0.2, -0.15) is 5.10 Å². The molecule has 0 unspecified atom stereocenters. The molecule has 1 fully saturated rings. The Kier molecular flexibility index (Phi) is 8.23. The van der Waals surface area contributed by atoms with Crippen LogP contribution in [0, 0.1) is 0 Å². The predicted molar refractivity (Wildman–Crippen MR) is 151 cm³/mol. The molecule has 0 spiro atoms. The average Bonchev–Trinajstić information content (AvgIpc) is 3.15. The minimum atomic E-state index is -0.0523. The quantitative estimate of drug-likeness (QED) is 0.254. The number of benzene rings is 2. The van der Waals surface area contributed by atoms with Crippen LogP contribution in [-0.2, 0) is 0 Å². The van der Waals surface area contributed by atoms with Gasteiger partial charge in [-0.05, 0) is 93.5 Å². The van der Waals surface area contributed by atoms with Crippen molar-refractivity contribution in [2.24, 2.45) is 0 Å². The third kappa shape index (κ3) is 6.62. The zero-order valence-corrected chi connectivity index (χ0v) is 21.1. The summed E-state index contributed by atoms with van der Waals surface area (Å²) in [4.78, 5) is 19.8. The highest BCUT2D eigenvalue weighted by atomic mass is 16.1. The molecule has 2 aromatic heterocycles. The van der Waals surface area contributed by atoms with Gasteiger partial charge in [0, 0.05) is 23.8 Å². The van der Waals surface area contributed by atoms with E-state index in [1.807, 2.05) is 72.8 Å². The molecule has 1 aliphatic heterocycles. The molecule has 2 aromatic carbocycles. The van der Waals surface area contributed by atoms with Crippen LogP contribution in [0.15, 0.2) is 66.9 Å². The molecule has 3 N–H and O–H groups in total. The SMILES string of the molecule is O=C(NCCCN1CCCCCC1)c1ccccc1Nc1ccc2c(/C=C/c3ccccn3)n[nH]c2c1. The molecule has 190 valence electrons. The fraction of sp³-hybridized carbons (Fsp3) is 0.300. The number of aromatic nitrogens is 3. The number of hydrogen-bond acceptors (Lipinski definition) is 5. The van der Waals surface area contributed by atoms with Gasteiger partial charge >= 0.3 is 0 Å². The van der Waals surface area contributed by atoms with E-state index in [9.17, 15) is 4.79 Å². The van der Waals surface area contributed by atoms with Crippen molar-refractivity contribution in [2.45, 2.75) is 32.1 Å². The molecule has 5 rings (SSSR count). The Morgan fingerprint density at radius 3 is 2.65 bits per heavy atom. The van der Waals surface area contributed by atoms with Crippen molar-refractivity contribution >= 4 is 40.3 Å². The molecule has 37 heavy (non-hydrogen) atoms. The van der Waals surface area contributed by atoms with Crippen molar-refractivity contribution in [1.29, 1.82) is 0 Å². The molecular formula is C30H34N6O. The topological polar surface area (TPSA) is 85.9 Å². The molecule has 0 radical (unpaired) electrons. The van der Waals surface area contributed by atoms with E-state index in [0.717, 1.165) is 46.6 Å². The Labute approximate surface area is 218 Å². The van der Waals surface area contributed by atoms with Crippen molar-refractivity contribution in [3.8, 4) is 0 Å². The first-order chi connectivity index (χ1) is 18.3. The third-order valence-corrected chi connectivity index (χ3v) is 6.78. The number of carbonyl (C=O) groups excluding carboxylic acids is 1.